The molecule has 0 atom stereocenters. The zero-order chi connectivity index (χ0) is 11.7. The summed E-state index contributed by atoms with van der Waals surface area (Å²) < 4.78 is 1.43. The van der Waals surface area contributed by atoms with E-state index in [9.17, 15) is 0 Å². The Morgan fingerprint density at radius 3 is 2.76 bits per heavy atom. The molecule has 1 saturated heterocycles. The quantitative estimate of drug-likeness (QED) is 0.876. The summed E-state index contributed by atoms with van der Waals surface area (Å²) in [4.78, 5) is 4.09. The highest BCUT2D eigenvalue weighted by atomic mass is 32.1. The van der Waals surface area contributed by atoms with Gasteiger partial charge in [0.15, 0.2) is 0 Å². The number of fused-ring (bicyclic) bond motifs is 1. The van der Waals surface area contributed by atoms with Crippen LogP contribution in [0.1, 0.15) is 10.4 Å². The number of aryl methyl sites for hydroxylation is 1. The molecule has 3 heteroatoms. The van der Waals surface area contributed by atoms with Crippen molar-refractivity contribution in [1.82, 2.24) is 10.2 Å². The van der Waals surface area contributed by atoms with Gasteiger partial charge < -0.3 is 5.32 Å². The van der Waals surface area contributed by atoms with Crippen LogP contribution in [0.4, 0.5) is 0 Å². The van der Waals surface area contributed by atoms with Gasteiger partial charge in [-0.25, -0.2) is 0 Å². The standard InChI is InChI=1S/C14H18N2S/c1-11-12-4-2-3-5-13(12)17-14(11)10-16-8-6-15-7-9-16/h2-5,15H,6-10H2,1H3. The van der Waals surface area contributed by atoms with E-state index in [0.29, 0.717) is 0 Å². The van der Waals surface area contributed by atoms with Crippen LogP contribution in [0.2, 0.25) is 0 Å². The normalized spacial score (nSPS) is 17.7. The van der Waals surface area contributed by atoms with Crippen LogP contribution in [-0.2, 0) is 6.54 Å². The van der Waals surface area contributed by atoms with Gasteiger partial charge in [0.2, 0.25) is 0 Å². The molecule has 0 bridgehead atoms. The minimum Gasteiger partial charge on any atom is -0.314 e. The Morgan fingerprint density at radius 2 is 2.00 bits per heavy atom. The molecule has 2 nitrogen and oxygen atoms in total. The van der Waals surface area contributed by atoms with Crippen molar-refractivity contribution in [3.05, 3.63) is 34.7 Å². The minimum atomic E-state index is 1.12. The molecule has 0 unspecified atom stereocenters. The first kappa shape index (κ1) is 11.2. The number of piperazine rings is 1. The lowest BCUT2D eigenvalue weighted by molar-refractivity contribution is 0.235. The third-order valence-corrected chi connectivity index (χ3v) is 4.78. The van der Waals surface area contributed by atoms with Gasteiger partial charge in [-0.15, -0.1) is 11.3 Å². The van der Waals surface area contributed by atoms with Crippen LogP contribution in [-0.4, -0.2) is 31.1 Å². The average Bonchev–Trinajstić information content (AvgIpc) is 2.68. The van der Waals surface area contributed by atoms with Crippen molar-refractivity contribution in [3.63, 3.8) is 0 Å². The fourth-order valence-corrected chi connectivity index (χ4v) is 3.70. The molecule has 2 aromatic rings. The average molecular weight is 246 g/mol. The molecule has 0 spiro atoms. The van der Waals surface area contributed by atoms with Crippen molar-refractivity contribution in [2.75, 3.05) is 26.2 Å². The predicted molar refractivity (Wildman–Crippen MR) is 74.7 cm³/mol. The largest absolute Gasteiger partial charge is 0.314 e. The summed E-state index contributed by atoms with van der Waals surface area (Å²) in [6, 6.07) is 8.74. The van der Waals surface area contributed by atoms with E-state index in [0.717, 1.165) is 19.6 Å². The maximum Gasteiger partial charge on any atom is 0.0348 e. The lowest BCUT2D eigenvalue weighted by Gasteiger charge is -2.26. The highest BCUT2D eigenvalue weighted by Gasteiger charge is 2.14. The van der Waals surface area contributed by atoms with Gasteiger partial charge in [-0.2, -0.15) is 0 Å². The monoisotopic (exact) mass is 246 g/mol. The highest BCUT2D eigenvalue weighted by molar-refractivity contribution is 7.19. The van der Waals surface area contributed by atoms with E-state index in [1.54, 1.807) is 0 Å². The summed E-state index contributed by atoms with van der Waals surface area (Å²) in [5.41, 5.74) is 1.48. The van der Waals surface area contributed by atoms with Crippen molar-refractivity contribution in [3.8, 4) is 0 Å². The zero-order valence-electron chi connectivity index (χ0n) is 10.2. The smallest absolute Gasteiger partial charge is 0.0348 e. The molecule has 1 aliphatic heterocycles. The molecular formula is C14H18N2S. The van der Waals surface area contributed by atoms with Crippen molar-refractivity contribution in [2.45, 2.75) is 13.5 Å². The number of thiophene rings is 1. The van der Waals surface area contributed by atoms with E-state index in [1.165, 1.54) is 33.6 Å². The fraction of sp³-hybridized carbons (Fsp3) is 0.429. The van der Waals surface area contributed by atoms with Gasteiger partial charge in [0, 0.05) is 42.3 Å². The number of nitrogens with zero attached hydrogens (tertiary/aromatic N) is 1. The van der Waals surface area contributed by atoms with Crippen LogP contribution in [0.3, 0.4) is 0 Å². The fourth-order valence-electron chi connectivity index (χ4n) is 2.45. The maximum absolute atomic E-state index is 3.40. The number of hydrogen-bond acceptors (Lipinski definition) is 3. The van der Waals surface area contributed by atoms with Crippen molar-refractivity contribution >= 4 is 21.4 Å². The summed E-state index contributed by atoms with van der Waals surface area (Å²) >= 11 is 1.96. The molecule has 1 aromatic carbocycles. The zero-order valence-corrected chi connectivity index (χ0v) is 11.0. The Balaban J connectivity index is 1.87. The molecular weight excluding hydrogens is 228 g/mol. The topological polar surface area (TPSA) is 15.3 Å². The van der Waals surface area contributed by atoms with Crippen LogP contribution in [0.5, 0.6) is 0 Å². The number of benzene rings is 1. The van der Waals surface area contributed by atoms with Gasteiger partial charge in [0.1, 0.15) is 0 Å². The predicted octanol–water partition coefficient (Wildman–Crippen LogP) is 2.61. The second-order valence-electron chi connectivity index (χ2n) is 4.67. The van der Waals surface area contributed by atoms with E-state index in [-0.39, 0.29) is 0 Å². The summed E-state index contributed by atoms with van der Waals surface area (Å²) in [6.07, 6.45) is 0. The first-order chi connectivity index (χ1) is 8.34. The Morgan fingerprint density at radius 1 is 1.24 bits per heavy atom. The second kappa shape index (κ2) is 4.77. The van der Waals surface area contributed by atoms with Crippen molar-refractivity contribution < 1.29 is 0 Å². The molecule has 2 heterocycles. The van der Waals surface area contributed by atoms with Gasteiger partial charge in [0.05, 0.1) is 0 Å². The molecule has 0 radical (unpaired) electrons. The molecule has 1 aliphatic rings. The van der Waals surface area contributed by atoms with E-state index in [4.69, 9.17) is 0 Å². The van der Waals surface area contributed by atoms with Gasteiger partial charge in [-0.05, 0) is 23.9 Å². The Hall–Kier alpha value is -0.900. The lowest BCUT2D eigenvalue weighted by Crippen LogP contribution is -2.42. The minimum absolute atomic E-state index is 1.12. The molecule has 0 amide bonds. The van der Waals surface area contributed by atoms with Crippen LogP contribution in [0, 0.1) is 6.92 Å². The molecule has 1 N–H and O–H groups in total. The van der Waals surface area contributed by atoms with E-state index in [2.05, 4.69) is 41.4 Å². The number of rotatable bonds is 2. The van der Waals surface area contributed by atoms with E-state index >= 15 is 0 Å². The first-order valence-electron chi connectivity index (χ1n) is 6.24. The molecule has 90 valence electrons. The lowest BCUT2D eigenvalue weighted by atomic mass is 10.1. The molecule has 0 saturated carbocycles. The van der Waals surface area contributed by atoms with Crippen molar-refractivity contribution in [1.29, 1.82) is 0 Å². The Labute approximate surface area is 106 Å². The molecule has 0 aliphatic carbocycles. The third-order valence-electron chi connectivity index (χ3n) is 3.52. The van der Waals surface area contributed by atoms with Crippen LogP contribution in [0.25, 0.3) is 10.1 Å². The second-order valence-corrected chi connectivity index (χ2v) is 5.81. The number of nitrogens with one attached hydrogen (secondary N) is 1. The molecule has 3 rings (SSSR count). The first-order valence-corrected chi connectivity index (χ1v) is 7.06. The van der Waals surface area contributed by atoms with E-state index in [1.807, 2.05) is 11.3 Å². The molecule has 1 aromatic heterocycles. The van der Waals surface area contributed by atoms with Gasteiger partial charge >= 0.3 is 0 Å². The van der Waals surface area contributed by atoms with Crippen molar-refractivity contribution in [2.24, 2.45) is 0 Å². The summed E-state index contributed by atoms with van der Waals surface area (Å²) in [6.45, 7) is 7.98. The van der Waals surface area contributed by atoms with Crippen LogP contribution < -0.4 is 5.32 Å². The SMILES string of the molecule is Cc1c(CN2CCNCC2)sc2ccccc12. The summed E-state index contributed by atoms with van der Waals surface area (Å²) in [7, 11) is 0. The molecule has 1 fully saturated rings. The summed E-state index contributed by atoms with van der Waals surface area (Å²) in [5, 5.41) is 4.84. The van der Waals surface area contributed by atoms with Crippen LogP contribution >= 0.6 is 11.3 Å². The summed E-state index contributed by atoms with van der Waals surface area (Å²) in [5.74, 6) is 0. The van der Waals surface area contributed by atoms with E-state index < -0.39 is 0 Å². The van der Waals surface area contributed by atoms with Crippen LogP contribution in [0.15, 0.2) is 24.3 Å². The molecule has 17 heavy (non-hydrogen) atoms. The third kappa shape index (κ3) is 2.23. The van der Waals surface area contributed by atoms with Gasteiger partial charge in [-0.1, -0.05) is 18.2 Å². The highest BCUT2D eigenvalue weighted by Crippen LogP contribution is 2.31. The number of hydrogen-bond donors (Lipinski definition) is 1. The Bertz CT molecular complexity index is 512. The van der Waals surface area contributed by atoms with Gasteiger partial charge in [0.25, 0.3) is 0 Å². The maximum atomic E-state index is 3.40. The van der Waals surface area contributed by atoms with Gasteiger partial charge in [-0.3, -0.25) is 4.90 Å². The Kier molecular flexibility index (Phi) is 3.14.